The van der Waals surface area contributed by atoms with Gasteiger partial charge in [0.2, 0.25) is 0 Å². The molecule has 7 unspecified atom stereocenters. The van der Waals surface area contributed by atoms with Gasteiger partial charge in [0.05, 0.1) is 29.1 Å². The number of nitriles is 1. The van der Waals surface area contributed by atoms with E-state index in [0.717, 1.165) is 19.3 Å². The van der Waals surface area contributed by atoms with Crippen LogP contribution in [0.5, 0.6) is 0 Å². The molecule has 2 aliphatic carbocycles. The molecule has 4 nitrogen and oxygen atoms in total. The number of hydrogen-bond donors (Lipinski definition) is 0. The van der Waals surface area contributed by atoms with E-state index in [1.165, 1.54) is 0 Å². The van der Waals surface area contributed by atoms with Crippen molar-refractivity contribution >= 4 is 5.97 Å². The van der Waals surface area contributed by atoms with Crippen LogP contribution in [0.25, 0.3) is 0 Å². The molecule has 2 bridgehead atoms. The summed E-state index contributed by atoms with van der Waals surface area (Å²) in [7, 11) is 0. The van der Waals surface area contributed by atoms with Crippen molar-refractivity contribution in [3.05, 3.63) is 0 Å². The van der Waals surface area contributed by atoms with E-state index in [-0.39, 0.29) is 52.4 Å². The minimum Gasteiger partial charge on any atom is -0.459 e. The van der Waals surface area contributed by atoms with Gasteiger partial charge in [0.25, 0.3) is 0 Å². The van der Waals surface area contributed by atoms with Crippen LogP contribution in [-0.4, -0.2) is 24.3 Å². The molecule has 0 aromatic carbocycles. The molecule has 0 amide bonds. The van der Waals surface area contributed by atoms with Crippen LogP contribution in [0.15, 0.2) is 0 Å². The van der Waals surface area contributed by atoms with Crippen LogP contribution in [0.1, 0.15) is 74.7 Å². The number of carbonyl (C=O) groups is 1. The number of fused-ring (bicyclic) bond motifs is 1. The highest BCUT2D eigenvalue weighted by molar-refractivity contribution is 5.77. The standard InChI is InChI=1S/C22H35NO3/c1-13-22(12-23)10-14-9-15(22)17(25-13)16(14)26-18(24)21(8,20(5,6)7)11-19(2,3)4/h13-17H,9-11H2,1-8H3. The van der Waals surface area contributed by atoms with Crippen molar-refractivity contribution in [2.45, 2.75) is 93.0 Å². The number of esters is 1. The smallest absolute Gasteiger partial charge is 0.312 e. The van der Waals surface area contributed by atoms with Gasteiger partial charge < -0.3 is 9.47 Å². The van der Waals surface area contributed by atoms with Crippen molar-refractivity contribution in [3.8, 4) is 6.07 Å². The highest BCUT2D eigenvalue weighted by Crippen LogP contribution is 2.64. The molecular weight excluding hydrogens is 326 g/mol. The maximum atomic E-state index is 13.4. The van der Waals surface area contributed by atoms with E-state index in [1.54, 1.807) is 0 Å². The van der Waals surface area contributed by atoms with Crippen LogP contribution in [0.3, 0.4) is 0 Å². The quantitative estimate of drug-likeness (QED) is 0.682. The molecule has 0 aromatic heterocycles. The summed E-state index contributed by atoms with van der Waals surface area (Å²) in [6, 6.07) is 2.54. The molecule has 3 aliphatic rings. The highest BCUT2D eigenvalue weighted by Gasteiger charge is 2.70. The van der Waals surface area contributed by atoms with E-state index in [1.807, 2.05) is 13.8 Å². The summed E-state index contributed by atoms with van der Waals surface area (Å²) in [5.74, 6) is 0.370. The average Bonchev–Trinajstić information content (AvgIpc) is 3.06. The second-order valence-corrected chi connectivity index (χ2v) is 11.4. The van der Waals surface area contributed by atoms with Crippen molar-refractivity contribution in [2.75, 3.05) is 0 Å². The Morgan fingerprint density at radius 2 is 1.85 bits per heavy atom. The van der Waals surface area contributed by atoms with E-state index in [2.05, 4.69) is 47.6 Å². The highest BCUT2D eigenvalue weighted by atomic mass is 16.6. The van der Waals surface area contributed by atoms with Gasteiger partial charge in [0, 0.05) is 11.8 Å². The molecule has 0 spiro atoms. The zero-order valence-corrected chi connectivity index (χ0v) is 17.7. The van der Waals surface area contributed by atoms with Gasteiger partial charge in [0.15, 0.2) is 0 Å². The van der Waals surface area contributed by atoms with E-state index in [9.17, 15) is 10.1 Å². The lowest BCUT2D eigenvalue weighted by atomic mass is 9.61. The molecule has 0 aromatic rings. The monoisotopic (exact) mass is 361 g/mol. The number of carbonyl (C=O) groups excluding carboxylic acids is 1. The lowest BCUT2D eigenvalue weighted by Gasteiger charge is -2.44. The molecule has 7 atom stereocenters. The van der Waals surface area contributed by atoms with Gasteiger partial charge >= 0.3 is 5.97 Å². The van der Waals surface area contributed by atoms with Crippen molar-refractivity contribution in [1.82, 2.24) is 0 Å². The molecule has 146 valence electrons. The fraction of sp³-hybridized carbons (Fsp3) is 0.909. The largest absolute Gasteiger partial charge is 0.459 e. The normalized spacial score (nSPS) is 41.0. The second kappa shape index (κ2) is 5.71. The summed E-state index contributed by atoms with van der Waals surface area (Å²) < 4.78 is 12.3. The van der Waals surface area contributed by atoms with Gasteiger partial charge in [-0.2, -0.15) is 5.26 Å². The first-order valence-electron chi connectivity index (χ1n) is 10.0. The molecule has 1 heterocycles. The zero-order valence-electron chi connectivity index (χ0n) is 17.7. The predicted molar refractivity (Wildman–Crippen MR) is 100 cm³/mol. The molecule has 0 radical (unpaired) electrons. The Kier molecular flexibility index (Phi) is 4.32. The number of ether oxygens (including phenoxy) is 2. The summed E-state index contributed by atoms with van der Waals surface area (Å²) >= 11 is 0. The molecule has 1 saturated heterocycles. The Bertz CT molecular complexity index is 637. The first kappa shape index (κ1) is 19.7. The topological polar surface area (TPSA) is 59.3 Å². The van der Waals surface area contributed by atoms with Gasteiger partial charge in [0.1, 0.15) is 6.10 Å². The first-order valence-corrected chi connectivity index (χ1v) is 10.0. The van der Waals surface area contributed by atoms with Crippen LogP contribution < -0.4 is 0 Å². The number of nitrogens with zero attached hydrogens (tertiary/aromatic N) is 1. The summed E-state index contributed by atoms with van der Waals surface area (Å²) in [5.41, 5.74) is -1.10. The van der Waals surface area contributed by atoms with Crippen LogP contribution >= 0.6 is 0 Å². The Labute approximate surface area is 158 Å². The summed E-state index contributed by atoms with van der Waals surface area (Å²) in [4.78, 5) is 13.4. The van der Waals surface area contributed by atoms with Crippen molar-refractivity contribution in [3.63, 3.8) is 0 Å². The van der Waals surface area contributed by atoms with E-state index in [0.29, 0.717) is 0 Å². The van der Waals surface area contributed by atoms with Crippen LogP contribution in [0, 0.1) is 44.8 Å². The zero-order chi connectivity index (χ0) is 19.7. The summed E-state index contributed by atoms with van der Waals surface area (Å²) in [6.45, 7) is 16.9. The lowest BCUT2D eigenvalue weighted by molar-refractivity contribution is -0.179. The summed E-state index contributed by atoms with van der Waals surface area (Å²) in [6.07, 6.45) is 2.15. The maximum absolute atomic E-state index is 13.4. The summed E-state index contributed by atoms with van der Waals surface area (Å²) in [5, 5.41) is 9.73. The third-order valence-corrected chi connectivity index (χ3v) is 7.53. The van der Waals surface area contributed by atoms with Gasteiger partial charge in [-0.15, -0.1) is 0 Å². The van der Waals surface area contributed by atoms with Crippen molar-refractivity contribution in [2.24, 2.45) is 33.5 Å². The van der Waals surface area contributed by atoms with Gasteiger partial charge in [-0.3, -0.25) is 4.79 Å². The van der Waals surface area contributed by atoms with Crippen LogP contribution in [0.4, 0.5) is 0 Å². The van der Waals surface area contributed by atoms with Crippen LogP contribution in [-0.2, 0) is 14.3 Å². The number of hydrogen-bond acceptors (Lipinski definition) is 4. The Balaban J connectivity index is 1.81. The molecule has 2 saturated carbocycles. The molecule has 26 heavy (non-hydrogen) atoms. The maximum Gasteiger partial charge on any atom is 0.312 e. The van der Waals surface area contributed by atoms with E-state index < -0.39 is 5.41 Å². The van der Waals surface area contributed by atoms with Gasteiger partial charge in [-0.25, -0.2) is 0 Å². The minimum atomic E-state index is -0.566. The lowest BCUT2D eigenvalue weighted by Crippen LogP contribution is -2.48. The third-order valence-electron chi connectivity index (χ3n) is 7.53. The molecular formula is C22H35NO3. The fourth-order valence-electron chi connectivity index (χ4n) is 5.72. The molecule has 0 N–H and O–H groups in total. The fourth-order valence-corrected chi connectivity index (χ4v) is 5.72. The SMILES string of the molecule is CC1OC2C(OC(=O)C(C)(CC(C)(C)C)C(C)(C)C)C3CC2C1(C#N)C3. The predicted octanol–water partition coefficient (Wildman–Crippen LogP) is 4.72. The average molecular weight is 362 g/mol. The molecule has 4 heteroatoms. The Morgan fingerprint density at radius 1 is 1.23 bits per heavy atom. The number of rotatable bonds is 3. The molecule has 1 aliphatic heterocycles. The van der Waals surface area contributed by atoms with E-state index >= 15 is 0 Å². The Hall–Kier alpha value is -1.08. The van der Waals surface area contributed by atoms with Crippen molar-refractivity contribution in [1.29, 1.82) is 5.26 Å². The van der Waals surface area contributed by atoms with Gasteiger partial charge in [-0.05, 0) is 43.9 Å². The third kappa shape index (κ3) is 2.70. The minimum absolute atomic E-state index is 0.0318. The Morgan fingerprint density at radius 3 is 2.35 bits per heavy atom. The van der Waals surface area contributed by atoms with E-state index in [4.69, 9.17) is 9.47 Å². The molecule has 3 rings (SSSR count). The molecule has 3 fully saturated rings. The van der Waals surface area contributed by atoms with Crippen LogP contribution in [0.2, 0.25) is 0 Å². The van der Waals surface area contributed by atoms with Crippen molar-refractivity contribution < 1.29 is 14.3 Å². The first-order chi connectivity index (χ1) is 11.7. The second-order valence-electron chi connectivity index (χ2n) is 11.4. The van der Waals surface area contributed by atoms with Gasteiger partial charge in [-0.1, -0.05) is 41.5 Å².